The number of aliphatic hydroxyl groups excluding tert-OH is 1. The van der Waals surface area contributed by atoms with Crippen molar-refractivity contribution in [2.24, 2.45) is 16.6 Å². The summed E-state index contributed by atoms with van der Waals surface area (Å²) in [6, 6.07) is 5.79. The first kappa shape index (κ1) is 18.2. The van der Waals surface area contributed by atoms with Crippen LogP contribution in [0.2, 0.25) is 0 Å². The van der Waals surface area contributed by atoms with E-state index < -0.39 is 6.10 Å². The van der Waals surface area contributed by atoms with Crippen molar-refractivity contribution in [2.75, 3.05) is 19.6 Å². The van der Waals surface area contributed by atoms with Crippen LogP contribution in [0.25, 0.3) is 0 Å². The summed E-state index contributed by atoms with van der Waals surface area (Å²) in [5, 5.41) is 10.0. The highest BCUT2D eigenvalue weighted by atomic mass is 127. The third-order valence-corrected chi connectivity index (χ3v) is 3.66. The highest BCUT2D eigenvalue weighted by Gasteiger charge is 2.18. The molecule has 1 aromatic carbocycles. The fraction of sp³-hybridized carbons (Fsp3) is 0.533. The molecule has 1 aromatic rings. The largest absolute Gasteiger partial charge is 0.386 e. The smallest absolute Gasteiger partial charge is 0.191 e. The molecular weight excluding hydrogens is 384 g/mol. The minimum Gasteiger partial charge on any atom is -0.386 e. The van der Waals surface area contributed by atoms with Crippen LogP contribution in [0.5, 0.6) is 0 Å². The summed E-state index contributed by atoms with van der Waals surface area (Å²) in [6.07, 6.45) is 1.59. The molecule has 1 aliphatic heterocycles. The molecule has 1 fully saturated rings. The molecule has 0 saturated carbocycles. The second-order valence-corrected chi connectivity index (χ2v) is 5.46. The predicted molar refractivity (Wildman–Crippen MR) is 93.2 cm³/mol. The van der Waals surface area contributed by atoms with Gasteiger partial charge in [0.05, 0.1) is 12.6 Å². The molecule has 0 radical (unpaired) electrons. The lowest BCUT2D eigenvalue weighted by Crippen LogP contribution is -2.43. The predicted octanol–water partition coefficient (Wildman–Crippen LogP) is 2.52. The highest BCUT2D eigenvalue weighted by Crippen LogP contribution is 2.16. The molecule has 118 valence electrons. The summed E-state index contributed by atoms with van der Waals surface area (Å²) < 4.78 is 12.8. The van der Waals surface area contributed by atoms with Gasteiger partial charge >= 0.3 is 0 Å². The zero-order valence-corrected chi connectivity index (χ0v) is 14.5. The van der Waals surface area contributed by atoms with E-state index in [4.69, 9.17) is 5.73 Å². The molecule has 0 aromatic heterocycles. The van der Waals surface area contributed by atoms with Gasteiger partial charge < -0.3 is 15.7 Å². The lowest BCUT2D eigenvalue weighted by molar-refractivity contribution is 0.186. The molecule has 3 N–H and O–H groups in total. The summed E-state index contributed by atoms with van der Waals surface area (Å²) in [6.45, 7) is 4.24. The molecule has 0 spiro atoms. The number of nitrogens with two attached hydrogens (primary N) is 1. The molecule has 0 bridgehead atoms. The summed E-state index contributed by atoms with van der Waals surface area (Å²) in [5.74, 6) is 0.795. The molecule has 2 rings (SSSR count). The van der Waals surface area contributed by atoms with Crippen molar-refractivity contribution in [1.29, 1.82) is 0 Å². The van der Waals surface area contributed by atoms with Gasteiger partial charge in [-0.3, -0.25) is 4.99 Å². The Morgan fingerprint density at radius 1 is 1.48 bits per heavy atom. The number of piperidine rings is 1. The maximum absolute atomic E-state index is 12.8. The van der Waals surface area contributed by atoms with Crippen LogP contribution in [0.4, 0.5) is 4.39 Å². The van der Waals surface area contributed by atoms with E-state index in [1.807, 2.05) is 0 Å². The van der Waals surface area contributed by atoms with Crippen molar-refractivity contribution in [3.05, 3.63) is 35.6 Å². The Morgan fingerprint density at radius 2 is 2.14 bits per heavy atom. The van der Waals surface area contributed by atoms with Crippen molar-refractivity contribution >= 4 is 29.9 Å². The molecule has 1 aliphatic rings. The van der Waals surface area contributed by atoms with Crippen LogP contribution < -0.4 is 5.73 Å². The number of aliphatic imine (C=N–C) groups is 1. The third kappa shape index (κ3) is 5.43. The van der Waals surface area contributed by atoms with E-state index >= 15 is 0 Å². The van der Waals surface area contributed by atoms with Gasteiger partial charge in [0.2, 0.25) is 0 Å². The van der Waals surface area contributed by atoms with E-state index in [0.717, 1.165) is 19.5 Å². The van der Waals surface area contributed by atoms with Crippen LogP contribution in [-0.2, 0) is 0 Å². The van der Waals surface area contributed by atoms with Gasteiger partial charge in [0, 0.05) is 13.1 Å². The number of benzene rings is 1. The first-order valence-electron chi connectivity index (χ1n) is 7.04. The van der Waals surface area contributed by atoms with E-state index in [2.05, 4.69) is 16.8 Å². The quantitative estimate of drug-likeness (QED) is 0.460. The van der Waals surface area contributed by atoms with Gasteiger partial charge in [0.25, 0.3) is 0 Å². The number of likely N-dealkylation sites (tertiary alicyclic amines) is 1. The van der Waals surface area contributed by atoms with Crippen molar-refractivity contribution < 1.29 is 9.50 Å². The summed E-state index contributed by atoms with van der Waals surface area (Å²) in [5.41, 5.74) is 6.61. The van der Waals surface area contributed by atoms with E-state index in [0.29, 0.717) is 17.4 Å². The fourth-order valence-corrected chi connectivity index (χ4v) is 2.47. The zero-order valence-electron chi connectivity index (χ0n) is 12.2. The monoisotopic (exact) mass is 407 g/mol. The van der Waals surface area contributed by atoms with Crippen LogP contribution in [0.1, 0.15) is 31.4 Å². The first-order valence-corrected chi connectivity index (χ1v) is 7.04. The molecule has 21 heavy (non-hydrogen) atoms. The Morgan fingerprint density at radius 3 is 2.76 bits per heavy atom. The fourth-order valence-electron chi connectivity index (χ4n) is 2.47. The van der Waals surface area contributed by atoms with Crippen molar-refractivity contribution in [2.45, 2.75) is 25.9 Å². The normalized spacial score (nSPS) is 20.8. The van der Waals surface area contributed by atoms with Crippen LogP contribution in [0, 0.1) is 11.7 Å². The molecular formula is C15H23FIN3O. The topological polar surface area (TPSA) is 61.8 Å². The molecule has 4 nitrogen and oxygen atoms in total. The number of aliphatic hydroxyl groups is 1. The number of hydrogen-bond donors (Lipinski definition) is 2. The van der Waals surface area contributed by atoms with Crippen molar-refractivity contribution in [3.8, 4) is 0 Å². The number of rotatable bonds is 3. The van der Waals surface area contributed by atoms with Crippen LogP contribution in [-0.4, -0.2) is 35.6 Å². The van der Waals surface area contributed by atoms with Gasteiger partial charge in [-0.2, -0.15) is 0 Å². The lowest BCUT2D eigenvalue weighted by atomic mass is 10.0. The maximum Gasteiger partial charge on any atom is 0.191 e. The minimum atomic E-state index is -0.753. The van der Waals surface area contributed by atoms with Crippen molar-refractivity contribution in [1.82, 2.24) is 4.90 Å². The molecule has 1 saturated heterocycles. The van der Waals surface area contributed by atoms with Crippen LogP contribution in [0.3, 0.4) is 0 Å². The van der Waals surface area contributed by atoms with Gasteiger partial charge in [-0.15, -0.1) is 24.0 Å². The van der Waals surface area contributed by atoms with Gasteiger partial charge in [-0.1, -0.05) is 19.1 Å². The second-order valence-electron chi connectivity index (χ2n) is 5.46. The number of guanidine groups is 1. The zero-order chi connectivity index (χ0) is 14.5. The highest BCUT2D eigenvalue weighted by molar-refractivity contribution is 14.0. The van der Waals surface area contributed by atoms with Crippen molar-refractivity contribution in [3.63, 3.8) is 0 Å². The summed E-state index contributed by atoms with van der Waals surface area (Å²) in [4.78, 5) is 6.32. The third-order valence-electron chi connectivity index (χ3n) is 3.66. The number of nitrogens with zero attached hydrogens (tertiary/aromatic N) is 2. The van der Waals surface area contributed by atoms with E-state index in [1.54, 1.807) is 12.1 Å². The van der Waals surface area contributed by atoms with Gasteiger partial charge in [-0.05, 0) is 36.5 Å². The SMILES string of the molecule is CC1CCCN(C(N)=NCC(O)c2ccc(F)cc2)C1.I. The first-order chi connectivity index (χ1) is 9.56. The Bertz CT molecular complexity index is 466. The standard InChI is InChI=1S/C15H22FN3O.HI/c1-11-3-2-8-19(10-11)15(17)18-9-14(20)12-4-6-13(16)7-5-12;/h4-7,11,14,20H,2-3,8-10H2,1H3,(H2,17,18);1H. The molecule has 0 aliphatic carbocycles. The lowest BCUT2D eigenvalue weighted by Gasteiger charge is -2.31. The average molecular weight is 407 g/mol. The maximum atomic E-state index is 12.8. The Kier molecular flexibility index (Phi) is 7.37. The molecule has 2 atom stereocenters. The van der Waals surface area contributed by atoms with Gasteiger partial charge in [0.15, 0.2) is 5.96 Å². The van der Waals surface area contributed by atoms with E-state index in [9.17, 15) is 9.50 Å². The van der Waals surface area contributed by atoms with Crippen LogP contribution >= 0.6 is 24.0 Å². The summed E-state index contributed by atoms with van der Waals surface area (Å²) in [7, 11) is 0. The Balaban J connectivity index is 0.00000220. The van der Waals surface area contributed by atoms with E-state index in [-0.39, 0.29) is 36.3 Å². The Labute approximate surface area is 142 Å². The van der Waals surface area contributed by atoms with E-state index in [1.165, 1.54) is 18.6 Å². The van der Waals surface area contributed by atoms with Gasteiger partial charge in [-0.25, -0.2) is 4.39 Å². The molecule has 1 heterocycles. The molecule has 0 amide bonds. The molecule has 6 heteroatoms. The summed E-state index contributed by atoms with van der Waals surface area (Å²) >= 11 is 0. The van der Waals surface area contributed by atoms with Crippen LogP contribution in [0.15, 0.2) is 29.3 Å². The van der Waals surface area contributed by atoms with Gasteiger partial charge in [0.1, 0.15) is 5.82 Å². The Hall–Kier alpha value is -0.890. The molecule has 2 unspecified atom stereocenters. The minimum absolute atomic E-state index is 0. The number of hydrogen-bond acceptors (Lipinski definition) is 2. The average Bonchev–Trinajstić information content (AvgIpc) is 2.45. The number of halogens is 2. The second kappa shape index (κ2) is 8.53.